The van der Waals surface area contributed by atoms with Crippen LogP contribution in [0.1, 0.15) is 12.6 Å². The van der Waals surface area contributed by atoms with Gasteiger partial charge in [-0.3, -0.25) is 9.20 Å². The van der Waals surface area contributed by atoms with Crippen LogP contribution >= 0.6 is 23.2 Å². The van der Waals surface area contributed by atoms with E-state index < -0.39 is 17.8 Å². The van der Waals surface area contributed by atoms with Gasteiger partial charge in [-0.05, 0) is 36.9 Å². The molecule has 0 aliphatic carbocycles. The van der Waals surface area contributed by atoms with Crippen LogP contribution in [-0.2, 0) is 11.0 Å². The van der Waals surface area contributed by atoms with Crippen molar-refractivity contribution in [2.24, 2.45) is 0 Å². The lowest BCUT2D eigenvalue weighted by Gasteiger charge is -2.35. The Morgan fingerprint density at radius 2 is 1.69 bits per heavy atom. The normalized spacial score (nSPS) is 13.9. The molecule has 1 amide bonds. The molecule has 1 saturated heterocycles. The van der Waals surface area contributed by atoms with Gasteiger partial charge in [0.05, 0.1) is 35.6 Å². The van der Waals surface area contributed by atoms with E-state index in [1.54, 1.807) is 12.1 Å². The van der Waals surface area contributed by atoms with Gasteiger partial charge < -0.3 is 29.9 Å². The van der Waals surface area contributed by atoms with E-state index in [2.05, 4.69) is 48.9 Å². The molecule has 16 heteroatoms. The fourth-order valence-corrected chi connectivity index (χ4v) is 6.40. The molecule has 6 rings (SSSR count). The zero-order valence-corrected chi connectivity index (χ0v) is 28.2. The molecular formula is C33H31Cl2F3N8O3. The third kappa shape index (κ3) is 6.63. The molecule has 0 spiro atoms. The number of halogens is 5. The molecule has 1 fully saturated rings. The first-order chi connectivity index (χ1) is 23.4. The lowest BCUT2D eigenvalue weighted by Crippen LogP contribution is -2.46. The number of carbonyl (C=O) groups is 1. The van der Waals surface area contributed by atoms with E-state index in [4.69, 9.17) is 32.7 Å². The third-order valence-corrected chi connectivity index (χ3v) is 9.03. The van der Waals surface area contributed by atoms with Gasteiger partial charge in [0, 0.05) is 66.8 Å². The summed E-state index contributed by atoms with van der Waals surface area (Å²) in [5.41, 5.74) is 1.000. The summed E-state index contributed by atoms with van der Waals surface area (Å²) in [5, 5.41) is 6.39. The summed E-state index contributed by atoms with van der Waals surface area (Å²) in [6.45, 7) is 10.1. The topological polar surface area (TPSA) is 109 Å². The molecule has 0 radical (unpaired) electrons. The number of aromatic nitrogens is 4. The second-order valence-corrected chi connectivity index (χ2v) is 11.9. The number of rotatable bonds is 9. The van der Waals surface area contributed by atoms with E-state index in [-0.39, 0.29) is 49.9 Å². The highest BCUT2D eigenvalue weighted by Gasteiger charge is 2.35. The first-order valence-corrected chi connectivity index (χ1v) is 15.9. The molecule has 49 heavy (non-hydrogen) atoms. The number of piperazine rings is 1. The minimum Gasteiger partial charge on any atom is -0.495 e. The molecule has 5 aromatic rings. The van der Waals surface area contributed by atoms with Crippen molar-refractivity contribution in [2.75, 3.05) is 62.5 Å². The summed E-state index contributed by atoms with van der Waals surface area (Å²) in [7, 11) is 2.78. The standard InChI is InChI=1S/C33H31Cl2F3N8O3/c1-5-26(47)40-22-14-19(45-11-9-44(6-2)10-12-45)7-8-21(22)41-32-39-16-18-13-20(27-28(34)23(48-3)15-24(49-4)29(27)35)31-42-25(33(36,37)38)17-46(31)30(18)43-32/h5,7-8,13-17H,1,6,9-12H2,2-4H3,(H,40,47)(H,39,41,43). The maximum atomic E-state index is 14.0. The van der Waals surface area contributed by atoms with E-state index in [1.165, 1.54) is 30.9 Å². The number of anilines is 4. The number of methoxy groups -OCH3 is 2. The molecule has 1 aliphatic heterocycles. The summed E-state index contributed by atoms with van der Waals surface area (Å²) in [4.78, 5) is 29.9. The van der Waals surface area contributed by atoms with Crippen LogP contribution in [0.4, 0.5) is 36.2 Å². The van der Waals surface area contributed by atoms with Gasteiger partial charge in [-0.25, -0.2) is 9.97 Å². The first-order valence-electron chi connectivity index (χ1n) is 15.1. The zero-order valence-electron chi connectivity index (χ0n) is 26.7. The Morgan fingerprint density at radius 1 is 1.00 bits per heavy atom. The Hall–Kier alpha value is -4.79. The number of imidazole rings is 1. The molecule has 0 unspecified atom stereocenters. The molecule has 2 N–H and O–H groups in total. The van der Waals surface area contributed by atoms with Crippen molar-refractivity contribution in [3.8, 4) is 22.6 Å². The minimum absolute atomic E-state index is 0.0510. The van der Waals surface area contributed by atoms with Gasteiger partial charge in [-0.15, -0.1) is 0 Å². The summed E-state index contributed by atoms with van der Waals surface area (Å²) in [6.07, 6.45) is -1.32. The van der Waals surface area contributed by atoms with Gasteiger partial charge in [-0.1, -0.05) is 36.7 Å². The van der Waals surface area contributed by atoms with E-state index in [0.717, 1.165) is 50.7 Å². The number of pyridine rings is 1. The van der Waals surface area contributed by atoms with Gasteiger partial charge >= 0.3 is 6.18 Å². The van der Waals surface area contributed by atoms with Gasteiger partial charge in [0.1, 0.15) is 17.1 Å². The van der Waals surface area contributed by atoms with Crippen LogP contribution in [0.3, 0.4) is 0 Å². The fraction of sp³-hybridized carbons (Fsp3) is 0.273. The van der Waals surface area contributed by atoms with Crippen molar-refractivity contribution in [2.45, 2.75) is 13.1 Å². The molecule has 4 heterocycles. The van der Waals surface area contributed by atoms with E-state index >= 15 is 0 Å². The van der Waals surface area contributed by atoms with Gasteiger partial charge in [0.25, 0.3) is 0 Å². The van der Waals surface area contributed by atoms with E-state index in [9.17, 15) is 18.0 Å². The van der Waals surface area contributed by atoms with Crippen molar-refractivity contribution in [3.05, 3.63) is 71.1 Å². The highest BCUT2D eigenvalue weighted by Crippen LogP contribution is 2.48. The Balaban J connectivity index is 1.46. The number of benzene rings is 2. The number of nitrogens with zero attached hydrogens (tertiary/aromatic N) is 6. The van der Waals surface area contributed by atoms with Crippen LogP contribution in [0.25, 0.3) is 27.8 Å². The number of carbonyl (C=O) groups excluding carboxylic acids is 1. The van der Waals surface area contributed by atoms with Crippen molar-refractivity contribution in [1.29, 1.82) is 0 Å². The predicted molar refractivity (Wildman–Crippen MR) is 185 cm³/mol. The lowest BCUT2D eigenvalue weighted by atomic mass is 10.0. The van der Waals surface area contributed by atoms with Crippen LogP contribution in [0, 0.1) is 0 Å². The van der Waals surface area contributed by atoms with Gasteiger partial charge in [0.2, 0.25) is 11.9 Å². The SMILES string of the molecule is C=CC(=O)Nc1cc(N2CCN(CC)CC2)ccc1Nc1ncc2cc(-c3c(Cl)c(OC)cc(OC)c3Cl)c3nc(C(F)(F)F)cn3c2n1. The van der Waals surface area contributed by atoms with Crippen LogP contribution in [0.15, 0.2) is 55.4 Å². The highest BCUT2D eigenvalue weighted by atomic mass is 35.5. The van der Waals surface area contributed by atoms with Crippen LogP contribution < -0.4 is 25.0 Å². The number of fused-ring (bicyclic) bond motifs is 3. The Kier molecular flexibility index (Phi) is 9.47. The molecule has 11 nitrogen and oxygen atoms in total. The quantitative estimate of drug-likeness (QED) is 0.152. The predicted octanol–water partition coefficient (Wildman–Crippen LogP) is 7.30. The molecule has 256 valence electrons. The molecule has 1 aliphatic rings. The number of hydrogen-bond donors (Lipinski definition) is 2. The first kappa shape index (κ1) is 34.1. The Morgan fingerprint density at radius 3 is 2.31 bits per heavy atom. The van der Waals surface area contributed by atoms with Crippen molar-refractivity contribution >= 4 is 68.8 Å². The van der Waals surface area contributed by atoms with Gasteiger partial charge in [-0.2, -0.15) is 18.2 Å². The molecule has 0 saturated carbocycles. The average Bonchev–Trinajstić information content (AvgIpc) is 3.57. The molecule has 0 atom stereocenters. The smallest absolute Gasteiger partial charge is 0.434 e. The Bertz CT molecular complexity index is 2050. The highest BCUT2D eigenvalue weighted by molar-refractivity contribution is 6.41. The summed E-state index contributed by atoms with van der Waals surface area (Å²) in [6, 6.07) is 8.57. The number of ether oxygens (including phenoxy) is 2. The summed E-state index contributed by atoms with van der Waals surface area (Å²) >= 11 is 13.3. The number of nitrogens with one attached hydrogen (secondary N) is 2. The molecule has 2 aromatic carbocycles. The lowest BCUT2D eigenvalue weighted by molar-refractivity contribution is -0.140. The van der Waals surface area contributed by atoms with E-state index in [0.29, 0.717) is 16.8 Å². The second-order valence-electron chi connectivity index (χ2n) is 11.1. The monoisotopic (exact) mass is 714 g/mol. The maximum absolute atomic E-state index is 14.0. The van der Waals surface area contributed by atoms with Crippen LogP contribution in [-0.4, -0.2) is 77.1 Å². The van der Waals surface area contributed by atoms with Crippen LogP contribution in [0.5, 0.6) is 11.5 Å². The number of hydrogen-bond acceptors (Lipinski definition) is 9. The molecular weight excluding hydrogens is 684 g/mol. The number of likely N-dealkylation sites (N-methyl/N-ethyl adjacent to an activating group) is 1. The van der Waals surface area contributed by atoms with Crippen LogP contribution in [0.2, 0.25) is 10.0 Å². The zero-order chi connectivity index (χ0) is 35.0. The maximum Gasteiger partial charge on any atom is 0.434 e. The van der Waals surface area contributed by atoms with Crippen molar-refractivity contribution in [3.63, 3.8) is 0 Å². The minimum atomic E-state index is -4.77. The average molecular weight is 716 g/mol. The largest absolute Gasteiger partial charge is 0.495 e. The summed E-state index contributed by atoms with van der Waals surface area (Å²) < 4.78 is 54.1. The Labute approximate surface area is 289 Å². The number of amides is 1. The van der Waals surface area contributed by atoms with E-state index in [1.807, 2.05) is 12.1 Å². The summed E-state index contributed by atoms with van der Waals surface area (Å²) in [5.74, 6) is 0.0295. The number of alkyl halides is 3. The molecule has 3 aromatic heterocycles. The van der Waals surface area contributed by atoms with Crippen molar-refractivity contribution in [1.82, 2.24) is 24.3 Å². The third-order valence-electron chi connectivity index (χ3n) is 8.28. The second kappa shape index (κ2) is 13.6. The fourth-order valence-electron chi connectivity index (χ4n) is 5.70. The molecule has 0 bridgehead atoms. The van der Waals surface area contributed by atoms with Gasteiger partial charge in [0.15, 0.2) is 11.3 Å². The van der Waals surface area contributed by atoms with Crippen molar-refractivity contribution < 1.29 is 27.4 Å².